The van der Waals surface area contributed by atoms with Gasteiger partial charge in [0.15, 0.2) is 5.65 Å². The molecule has 0 N–H and O–H groups in total. The molecule has 0 aromatic carbocycles. The van der Waals surface area contributed by atoms with Crippen LogP contribution in [0.5, 0.6) is 0 Å². The van der Waals surface area contributed by atoms with Crippen molar-refractivity contribution in [3.05, 3.63) is 58.0 Å². The summed E-state index contributed by atoms with van der Waals surface area (Å²) in [5.74, 6) is 0.593. The minimum Gasteiger partial charge on any atom is -0.342 e. The number of aryl methyl sites for hydroxylation is 1. The molecule has 4 heterocycles. The summed E-state index contributed by atoms with van der Waals surface area (Å²) >= 11 is 1.73. The maximum Gasteiger partial charge on any atom is 0.202 e. The van der Waals surface area contributed by atoms with Crippen molar-refractivity contribution in [2.75, 3.05) is 6.54 Å². The van der Waals surface area contributed by atoms with Crippen LogP contribution in [0.4, 0.5) is 0 Å². The Labute approximate surface area is 150 Å². The third-order valence-electron chi connectivity index (χ3n) is 3.93. The molecule has 1 aliphatic rings. The number of nitrogens with zero attached hydrogens (tertiary/aromatic N) is 6. The molecule has 0 atom stereocenters. The van der Waals surface area contributed by atoms with Gasteiger partial charge >= 0.3 is 0 Å². The van der Waals surface area contributed by atoms with Gasteiger partial charge in [-0.2, -0.15) is 5.10 Å². The Balaban J connectivity index is 1.74. The number of rotatable bonds is 4. The summed E-state index contributed by atoms with van der Waals surface area (Å²) in [6.07, 6.45) is 9.17. The number of allylic oxidation sites excluding steroid dienone is 1. The van der Waals surface area contributed by atoms with Gasteiger partial charge in [-0.25, -0.2) is 4.98 Å². The largest absolute Gasteiger partial charge is 0.342 e. The first-order valence-corrected chi connectivity index (χ1v) is 9.11. The number of aromatic nitrogens is 5. The zero-order valence-electron chi connectivity index (χ0n) is 14.1. The summed E-state index contributed by atoms with van der Waals surface area (Å²) in [4.78, 5) is 11.2. The van der Waals surface area contributed by atoms with Gasteiger partial charge in [-0.05, 0) is 43.0 Å². The number of thioether (sulfide) groups is 1. The highest BCUT2D eigenvalue weighted by Crippen LogP contribution is 2.28. The molecule has 1 aliphatic heterocycles. The Bertz CT molecular complexity index is 1010. The Morgan fingerprint density at radius 2 is 2.12 bits per heavy atom. The van der Waals surface area contributed by atoms with Gasteiger partial charge in [-0.15, -0.1) is 9.73 Å². The van der Waals surface area contributed by atoms with Gasteiger partial charge < -0.3 is 4.90 Å². The van der Waals surface area contributed by atoms with Crippen LogP contribution >= 0.6 is 11.8 Å². The highest BCUT2D eigenvalue weighted by Gasteiger charge is 2.13. The molecule has 0 unspecified atom stereocenters. The van der Waals surface area contributed by atoms with Gasteiger partial charge in [0.2, 0.25) is 5.82 Å². The number of hydrogen-bond acceptors (Lipinski definition) is 6. The molecule has 3 aromatic rings. The van der Waals surface area contributed by atoms with Crippen LogP contribution in [0.2, 0.25) is 0 Å². The summed E-state index contributed by atoms with van der Waals surface area (Å²) in [7, 11) is 0. The molecule has 0 spiro atoms. The Kier molecular flexibility index (Phi) is 4.23. The van der Waals surface area contributed by atoms with Crippen molar-refractivity contribution < 1.29 is 0 Å². The van der Waals surface area contributed by atoms with Crippen LogP contribution in [-0.4, -0.2) is 36.2 Å². The topological polar surface area (TPSA) is 59.2 Å². The molecule has 7 heteroatoms. The molecule has 3 aromatic heterocycles. The lowest BCUT2D eigenvalue weighted by molar-refractivity contribution is 0.497. The summed E-state index contributed by atoms with van der Waals surface area (Å²) in [6.45, 7) is 5.18. The third-order valence-corrected chi connectivity index (χ3v) is 4.80. The lowest BCUT2D eigenvalue weighted by atomic mass is 10.3. The van der Waals surface area contributed by atoms with Crippen molar-refractivity contribution >= 4 is 23.5 Å². The van der Waals surface area contributed by atoms with Crippen LogP contribution in [-0.2, 0) is 0 Å². The molecule has 25 heavy (non-hydrogen) atoms. The van der Waals surface area contributed by atoms with Crippen molar-refractivity contribution in [1.82, 2.24) is 29.7 Å². The third kappa shape index (κ3) is 3.02. The van der Waals surface area contributed by atoms with E-state index in [9.17, 15) is 0 Å². The molecule has 0 bridgehead atoms. The standard InChI is InChI=1S/C18H18N6S/c1-3-10-23-11-12-25-16(23)8-7-14-13(2)21-24-18(14)20-17(22-24)15-6-4-5-9-19-15/h4-9,11-12H,3,10H2,1-2H3/b14-7-,16-8-. The van der Waals surface area contributed by atoms with Gasteiger partial charge in [0, 0.05) is 24.2 Å². The molecular formula is C18H18N6S. The molecule has 4 rings (SSSR count). The average Bonchev–Trinajstić information content (AvgIpc) is 3.30. The van der Waals surface area contributed by atoms with E-state index in [0.717, 1.165) is 35.2 Å². The van der Waals surface area contributed by atoms with E-state index in [1.54, 1.807) is 22.6 Å². The monoisotopic (exact) mass is 350 g/mol. The number of hydrogen-bond donors (Lipinski definition) is 0. The second-order valence-electron chi connectivity index (χ2n) is 5.73. The normalized spacial score (nSPS) is 16.6. The molecule has 6 nitrogen and oxygen atoms in total. The second-order valence-corrected chi connectivity index (χ2v) is 6.66. The number of fused-ring (bicyclic) bond motifs is 1. The summed E-state index contributed by atoms with van der Waals surface area (Å²) < 4.78 is 1.59. The first-order chi connectivity index (χ1) is 12.3. The fourth-order valence-corrected chi connectivity index (χ4v) is 3.51. The Morgan fingerprint density at radius 3 is 2.92 bits per heavy atom. The first-order valence-electron chi connectivity index (χ1n) is 8.23. The maximum absolute atomic E-state index is 4.63. The SMILES string of the molecule is CCCN1C=CS/C1=C\C=c1\c(C)nn2nc(-c3ccccn3)nc12. The van der Waals surface area contributed by atoms with Crippen molar-refractivity contribution in [2.24, 2.45) is 0 Å². The first kappa shape index (κ1) is 15.8. The summed E-state index contributed by atoms with van der Waals surface area (Å²) in [5.41, 5.74) is 2.42. The maximum atomic E-state index is 4.63. The average molecular weight is 350 g/mol. The van der Waals surface area contributed by atoms with E-state index in [4.69, 9.17) is 0 Å². The molecule has 0 aliphatic carbocycles. The van der Waals surface area contributed by atoms with Crippen LogP contribution in [0, 0.1) is 6.92 Å². The van der Waals surface area contributed by atoms with E-state index in [-0.39, 0.29) is 0 Å². The lowest BCUT2D eigenvalue weighted by Gasteiger charge is -2.15. The van der Waals surface area contributed by atoms with Crippen molar-refractivity contribution in [3.63, 3.8) is 0 Å². The minimum absolute atomic E-state index is 0.593. The number of pyridine rings is 1. The van der Waals surface area contributed by atoms with Crippen LogP contribution in [0.3, 0.4) is 0 Å². The second kappa shape index (κ2) is 6.68. The quantitative estimate of drug-likeness (QED) is 0.721. The molecule has 0 amide bonds. The van der Waals surface area contributed by atoms with E-state index in [1.807, 2.05) is 25.1 Å². The predicted molar refractivity (Wildman–Crippen MR) is 100 cm³/mol. The fraction of sp³-hybridized carbons (Fsp3) is 0.222. The Hall–Kier alpha value is -2.67. The van der Waals surface area contributed by atoms with E-state index in [0.29, 0.717) is 5.82 Å². The zero-order valence-corrected chi connectivity index (χ0v) is 14.9. The van der Waals surface area contributed by atoms with Crippen LogP contribution in [0.1, 0.15) is 19.0 Å². The minimum atomic E-state index is 0.593. The zero-order chi connectivity index (χ0) is 17.2. The van der Waals surface area contributed by atoms with E-state index >= 15 is 0 Å². The highest BCUT2D eigenvalue weighted by molar-refractivity contribution is 8.06. The lowest BCUT2D eigenvalue weighted by Crippen LogP contribution is -2.12. The molecule has 0 radical (unpaired) electrons. The molecule has 126 valence electrons. The van der Waals surface area contributed by atoms with Crippen molar-refractivity contribution in [1.29, 1.82) is 0 Å². The van der Waals surface area contributed by atoms with Crippen molar-refractivity contribution in [3.8, 4) is 11.5 Å². The van der Waals surface area contributed by atoms with Gasteiger partial charge in [0.1, 0.15) is 5.69 Å². The Morgan fingerprint density at radius 1 is 1.20 bits per heavy atom. The molecule has 0 fully saturated rings. The van der Waals surface area contributed by atoms with Crippen LogP contribution < -0.4 is 5.22 Å². The van der Waals surface area contributed by atoms with Crippen molar-refractivity contribution in [2.45, 2.75) is 20.3 Å². The highest BCUT2D eigenvalue weighted by atomic mass is 32.2. The van der Waals surface area contributed by atoms with Gasteiger partial charge in [0.25, 0.3) is 0 Å². The van der Waals surface area contributed by atoms with E-state index in [2.05, 4.69) is 55.7 Å². The van der Waals surface area contributed by atoms with Crippen LogP contribution in [0.15, 0.2) is 47.1 Å². The van der Waals surface area contributed by atoms with Gasteiger partial charge in [-0.1, -0.05) is 24.8 Å². The molecule has 0 saturated heterocycles. The predicted octanol–water partition coefficient (Wildman–Crippen LogP) is 2.77. The summed E-state index contributed by atoms with van der Waals surface area (Å²) in [6, 6.07) is 5.70. The van der Waals surface area contributed by atoms with E-state index in [1.165, 1.54) is 5.03 Å². The van der Waals surface area contributed by atoms with Gasteiger partial charge in [-0.3, -0.25) is 4.98 Å². The fourth-order valence-electron chi connectivity index (χ4n) is 2.73. The van der Waals surface area contributed by atoms with Gasteiger partial charge in [0.05, 0.1) is 10.7 Å². The smallest absolute Gasteiger partial charge is 0.202 e. The molecular weight excluding hydrogens is 332 g/mol. The van der Waals surface area contributed by atoms with E-state index < -0.39 is 0 Å². The summed E-state index contributed by atoms with van der Waals surface area (Å²) in [5, 5.41) is 13.2. The molecule has 0 saturated carbocycles. The van der Waals surface area contributed by atoms with Crippen LogP contribution in [0.25, 0.3) is 23.2 Å².